The van der Waals surface area contributed by atoms with E-state index in [4.69, 9.17) is 5.11 Å². The van der Waals surface area contributed by atoms with Gasteiger partial charge in [-0.2, -0.15) is 0 Å². The van der Waals surface area contributed by atoms with Gasteiger partial charge in [0.1, 0.15) is 12.1 Å². The predicted molar refractivity (Wildman–Crippen MR) is 61.1 cm³/mol. The molecule has 0 aliphatic heterocycles. The summed E-state index contributed by atoms with van der Waals surface area (Å²) in [6, 6.07) is 0. The molecule has 0 aliphatic carbocycles. The van der Waals surface area contributed by atoms with Crippen LogP contribution >= 0.6 is 0 Å². The predicted octanol–water partition coefficient (Wildman–Crippen LogP) is 0.523. The first-order valence-corrected chi connectivity index (χ1v) is 5.54. The molecule has 0 atom stereocenters. The monoisotopic (exact) mass is 329 g/mol. The van der Waals surface area contributed by atoms with E-state index in [0.29, 0.717) is 4.48 Å². The van der Waals surface area contributed by atoms with Crippen LogP contribution in [0, 0.1) is 29.1 Å². The van der Waals surface area contributed by atoms with Gasteiger partial charge in [0.25, 0.3) is 0 Å². The Bertz CT molecular complexity index is 569. The number of carboxylic acid groups (broad SMARTS) is 2. The molecule has 0 saturated heterocycles. The Morgan fingerprint density at radius 3 is 1.41 bits per heavy atom. The van der Waals surface area contributed by atoms with Gasteiger partial charge in [0.15, 0.2) is 23.3 Å². The molecule has 0 amide bonds. The number of carboxylic acids is 2. The fourth-order valence-corrected chi connectivity index (χ4v) is 1.18. The average Bonchev–Trinajstić information content (AvgIpc) is 2.31. The van der Waals surface area contributed by atoms with Gasteiger partial charge in [-0.25, -0.2) is 26.7 Å². The number of carbonyl (C=O) groups is 2. The number of halogens is 5. The minimum absolute atomic E-state index is 0.0694. The minimum Gasteiger partial charge on any atom is -0.544 e. The quantitative estimate of drug-likeness (QED) is 0.380. The van der Waals surface area contributed by atoms with Crippen LogP contribution in [0.25, 0.3) is 0 Å². The highest BCUT2D eigenvalue weighted by Crippen LogP contribution is 2.22. The largest absolute Gasteiger partial charge is 0.544 e. The van der Waals surface area contributed by atoms with Crippen molar-refractivity contribution in [3.63, 3.8) is 0 Å². The first-order valence-electron chi connectivity index (χ1n) is 5.54. The molecule has 5 nitrogen and oxygen atoms in total. The summed E-state index contributed by atoms with van der Waals surface area (Å²) < 4.78 is 62.5. The zero-order chi connectivity index (χ0) is 17.8. The molecular weight excluding hydrogens is 317 g/mol. The second-order valence-electron chi connectivity index (χ2n) is 5.07. The maximum Gasteiger partial charge on any atom is 0.341 e. The van der Waals surface area contributed by atoms with Crippen LogP contribution in [0.1, 0.15) is 10.4 Å². The molecule has 22 heavy (non-hydrogen) atoms. The van der Waals surface area contributed by atoms with Crippen molar-refractivity contribution in [3.05, 3.63) is 34.6 Å². The normalized spacial score (nSPS) is 10.7. The Hall–Kier alpha value is -2.23. The molecular formula is C12H12F5NO4. The molecule has 0 saturated carbocycles. The van der Waals surface area contributed by atoms with Crippen molar-refractivity contribution in [1.82, 2.24) is 0 Å². The molecule has 1 aromatic carbocycles. The standard InChI is InChI=1S/C7HF5O2.C5H11NO2/c8-2-1(7(13)14)3(9)5(11)6(12)4(2)10;1-6(2,3)4-5(7)8/h(H,13,14);4H2,1-3H3. The summed E-state index contributed by atoms with van der Waals surface area (Å²) in [5.41, 5.74) is -1.86. The topological polar surface area (TPSA) is 77.4 Å². The maximum atomic E-state index is 12.6. The Kier molecular flexibility index (Phi) is 6.43. The average molecular weight is 329 g/mol. The van der Waals surface area contributed by atoms with E-state index in [0.717, 1.165) is 0 Å². The molecule has 0 heterocycles. The SMILES string of the molecule is C[N+](C)(C)CC(=O)[O-].O=C(O)c1c(F)c(F)c(F)c(F)c1F. The zero-order valence-electron chi connectivity index (χ0n) is 11.7. The first kappa shape index (κ1) is 19.8. The van der Waals surface area contributed by atoms with Crippen molar-refractivity contribution in [1.29, 1.82) is 0 Å². The van der Waals surface area contributed by atoms with Gasteiger partial charge in [0, 0.05) is 0 Å². The number of aliphatic carboxylic acids is 1. The maximum absolute atomic E-state index is 12.6. The third-order valence-corrected chi connectivity index (χ3v) is 2.03. The molecule has 0 spiro atoms. The molecule has 10 heteroatoms. The van der Waals surface area contributed by atoms with Crippen molar-refractivity contribution in [2.75, 3.05) is 27.7 Å². The smallest absolute Gasteiger partial charge is 0.341 e. The van der Waals surface area contributed by atoms with E-state index in [-0.39, 0.29) is 6.54 Å². The van der Waals surface area contributed by atoms with Gasteiger partial charge >= 0.3 is 5.97 Å². The van der Waals surface area contributed by atoms with Gasteiger partial charge in [-0.3, -0.25) is 0 Å². The van der Waals surface area contributed by atoms with E-state index in [1.54, 1.807) is 21.1 Å². The fraction of sp³-hybridized carbons (Fsp3) is 0.333. The summed E-state index contributed by atoms with van der Waals surface area (Å²) in [7, 11) is 5.40. The summed E-state index contributed by atoms with van der Waals surface area (Å²) in [4.78, 5) is 20.0. The third kappa shape index (κ3) is 5.28. The lowest BCUT2D eigenvalue weighted by Gasteiger charge is -2.23. The van der Waals surface area contributed by atoms with Crippen LogP contribution in [0.2, 0.25) is 0 Å². The summed E-state index contributed by atoms with van der Waals surface area (Å²) in [6.45, 7) is 0.0694. The zero-order valence-corrected chi connectivity index (χ0v) is 11.7. The van der Waals surface area contributed by atoms with Crippen LogP contribution < -0.4 is 5.11 Å². The Morgan fingerprint density at radius 2 is 1.23 bits per heavy atom. The lowest BCUT2D eigenvalue weighted by molar-refractivity contribution is -0.864. The van der Waals surface area contributed by atoms with Crippen LogP contribution in [-0.2, 0) is 4.79 Å². The summed E-state index contributed by atoms with van der Waals surface area (Å²) >= 11 is 0. The van der Waals surface area contributed by atoms with E-state index in [9.17, 15) is 36.6 Å². The summed E-state index contributed by atoms with van der Waals surface area (Å²) in [5.74, 6) is -14.9. The molecule has 0 bridgehead atoms. The van der Waals surface area contributed by atoms with Crippen molar-refractivity contribution in [2.24, 2.45) is 0 Å². The van der Waals surface area contributed by atoms with E-state index in [1.807, 2.05) is 0 Å². The van der Waals surface area contributed by atoms with Crippen LogP contribution in [0.3, 0.4) is 0 Å². The van der Waals surface area contributed by atoms with Gasteiger partial charge in [0.05, 0.1) is 27.1 Å². The van der Waals surface area contributed by atoms with Crippen LogP contribution in [0.5, 0.6) is 0 Å². The second kappa shape index (κ2) is 7.16. The van der Waals surface area contributed by atoms with E-state index in [1.165, 1.54) is 0 Å². The lowest BCUT2D eigenvalue weighted by atomic mass is 10.1. The number of hydrogen-bond acceptors (Lipinski definition) is 3. The fourth-order valence-electron chi connectivity index (χ4n) is 1.18. The van der Waals surface area contributed by atoms with Crippen molar-refractivity contribution < 1.29 is 46.2 Å². The highest BCUT2D eigenvalue weighted by molar-refractivity contribution is 5.88. The van der Waals surface area contributed by atoms with E-state index in [2.05, 4.69) is 0 Å². The highest BCUT2D eigenvalue weighted by Gasteiger charge is 2.29. The lowest BCUT2D eigenvalue weighted by Crippen LogP contribution is -2.45. The Labute approximate surface area is 121 Å². The summed E-state index contributed by atoms with van der Waals surface area (Å²) in [6.07, 6.45) is 0. The Balaban J connectivity index is 0.000000472. The molecule has 124 valence electrons. The molecule has 0 aromatic heterocycles. The van der Waals surface area contributed by atoms with Crippen LogP contribution in [0.4, 0.5) is 22.0 Å². The summed E-state index contributed by atoms with van der Waals surface area (Å²) in [5, 5.41) is 18.0. The minimum atomic E-state index is -2.38. The number of rotatable bonds is 3. The number of aromatic carboxylic acids is 1. The van der Waals surface area contributed by atoms with Crippen molar-refractivity contribution in [3.8, 4) is 0 Å². The number of benzene rings is 1. The van der Waals surface area contributed by atoms with E-state index >= 15 is 0 Å². The van der Waals surface area contributed by atoms with Gasteiger partial charge in [0.2, 0.25) is 5.82 Å². The van der Waals surface area contributed by atoms with Gasteiger partial charge in [-0.05, 0) is 0 Å². The molecule has 0 fully saturated rings. The first-order chi connectivity index (χ1) is 9.79. The second-order valence-corrected chi connectivity index (χ2v) is 5.07. The third-order valence-electron chi connectivity index (χ3n) is 2.03. The van der Waals surface area contributed by atoms with Gasteiger partial charge < -0.3 is 19.5 Å². The van der Waals surface area contributed by atoms with Gasteiger partial charge in [-0.1, -0.05) is 0 Å². The number of carbonyl (C=O) groups excluding carboxylic acids is 1. The Morgan fingerprint density at radius 1 is 0.909 bits per heavy atom. The van der Waals surface area contributed by atoms with Crippen LogP contribution in [-0.4, -0.2) is 49.2 Å². The number of quaternary nitrogens is 1. The number of likely N-dealkylation sites (N-methyl/N-ethyl adjacent to an activating group) is 1. The molecule has 0 radical (unpaired) electrons. The molecule has 1 N–H and O–H groups in total. The number of nitrogens with zero attached hydrogens (tertiary/aromatic N) is 1. The number of hydrogen-bond donors (Lipinski definition) is 1. The van der Waals surface area contributed by atoms with Crippen LogP contribution in [0.15, 0.2) is 0 Å². The van der Waals surface area contributed by atoms with Gasteiger partial charge in [-0.15, -0.1) is 0 Å². The van der Waals surface area contributed by atoms with Crippen molar-refractivity contribution >= 4 is 11.9 Å². The molecule has 1 aromatic rings. The molecule has 0 aliphatic rings. The molecule has 1 rings (SSSR count). The molecule has 0 unspecified atom stereocenters. The van der Waals surface area contributed by atoms with Crippen molar-refractivity contribution in [2.45, 2.75) is 0 Å². The highest BCUT2D eigenvalue weighted by atomic mass is 19.2. The van der Waals surface area contributed by atoms with E-state index < -0.39 is 46.6 Å².